The van der Waals surface area contributed by atoms with Crippen LogP contribution >= 0.6 is 11.6 Å². The molecular formula is C6H8ClNO3S. The highest BCUT2D eigenvalue weighted by atomic mass is 35.5. The first-order valence-electron chi connectivity index (χ1n) is 2.92. The molecule has 1 rings (SSSR count). The maximum Gasteiger partial charge on any atom is 0.168 e. The number of aromatic nitrogens is 1. The van der Waals surface area contributed by atoms with Gasteiger partial charge in [0.05, 0.1) is 15.1 Å². The quantitative estimate of drug-likeness (QED) is 0.578. The summed E-state index contributed by atoms with van der Waals surface area (Å²) in [6.07, 6.45) is 4.16. The predicted molar refractivity (Wildman–Crippen MR) is 43.6 cm³/mol. The number of pyridine rings is 1. The van der Waals surface area contributed by atoms with Gasteiger partial charge >= 0.3 is 0 Å². The van der Waals surface area contributed by atoms with E-state index in [0.717, 1.165) is 5.02 Å². The SMILES string of the molecule is CS(=O)(=O)[O-].Clc1cc[nH+]cc1. The molecule has 0 aliphatic rings. The number of hydrogen-bond donors (Lipinski definition) is 0. The lowest BCUT2D eigenvalue weighted by atomic mass is 10.5. The Morgan fingerprint density at radius 1 is 1.42 bits per heavy atom. The topological polar surface area (TPSA) is 71.3 Å². The van der Waals surface area contributed by atoms with Gasteiger partial charge in [-0.1, -0.05) is 11.6 Å². The predicted octanol–water partition coefficient (Wildman–Crippen LogP) is 0.316. The number of rotatable bonds is 0. The molecule has 0 saturated heterocycles. The molecule has 0 unspecified atom stereocenters. The highest BCUT2D eigenvalue weighted by Crippen LogP contribution is 2.00. The number of hydrogen-bond acceptors (Lipinski definition) is 3. The number of halogens is 1. The Morgan fingerprint density at radius 2 is 1.75 bits per heavy atom. The Bertz CT molecular complexity index is 303. The van der Waals surface area contributed by atoms with E-state index in [9.17, 15) is 0 Å². The maximum absolute atomic E-state index is 9.08. The van der Waals surface area contributed by atoms with E-state index in [-0.39, 0.29) is 0 Å². The van der Waals surface area contributed by atoms with Crippen molar-refractivity contribution in [2.24, 2.45) is 0 Å². The Kier molecular flexibility index (Phi) is 4.80. The molecule has 1 heterocycles. The number of H-pyrrole nitrogens is 1. The summed E-state index contributed by atoms with van der Waals surface area (Å²) in [5, 5.41) is 0.763. The fraction of sp³-hybridized carbons (Fsp3) is 0.167. The molecule has 0 atom stereocenters. The van der Waals surface area contributed by atoms with E-state index in [1.54, 1.807) is 24.5 Å². The second kappa shape index (κ2) is 5.08. The van der Waals surface area contributed by atoms with Crippen LogP contribution in [0.25, 0.3) is 0 Å². The van der Waals surface area contributed by atoms with Crippen LogP contribution in [0.3, 0.4) is 0 Å². The summed E-state index contributed by atoms with van der Waals surface area (Å²) in [5.74, 6) is 0. The van der Waals surface area contributed by atoms with Gasteiger partial charge in [-0.2, -0.15) is 0 Å². The molecular weight excluding hydrogens is 202 g/mol. The molecule has 12 heavy (non-hydrogen) atoms. The molecule has 0 radical (unpaired) electrons. The average Bonchev–Trinajstić information content (AvgIpc) is 1.85. The summed E-state index contributed by atoms with van der Waals surface area (Å²) in [7, 11) is -3.92. The Morgan fingerprint density at radius 3 is 1.92 bits per heavy atom. The third-order valence-electron chi connectivity index (χ3n) is 0.678. The first kappa shape index (κ1) is 11.4. The molecule has 0 spiro atoms. The summed E-state index contributed by atoms with van der Waals surface area (Å²) < 4.78 is 27.2. The van der Waals surface area contributed by atoms with Crippen LogP contribution < -0.4 is 4.98 Å². The van der Waals surface area contributed by atoms with Crippen molar-refractivity contribution in [2.45, 2.75) is 0 Å². The van der Waals surface area contributed by atoms with Gasteiger partial charge in [-0.15, -0.1) is 0 Å². The molecule has 1 N–H and O–H groups in total. The van der Waals surface area contributed by atoms with Crippen molar-refractivity contribution in [1.82, 2.24) is 0 Å². The van der Waals surface area contributed by atoms with Crippen LogP contribution in [0.2, 0.25) is 5.02 Å². The molecule has 0 bridgehead atoms. The molecule has 0 aromatic carbocycles. The fourth-order valence-corrected chi connectivity index (χ4v) is 0.493. The highest BCUT2D eigenvalue weighted by Gasteiger charge is 1.80. The zero-order valence-corrected chi connectivity index (χ0v) is 7.89. The van der Waals surface area contributed by atoms with Crippen molar-refractivity contribution in [3.8, 4) is 0 Å². The number of aromatic amines is 1. The van der Waals surface area contributed by atoms with Crippen LogP contribution in [-0.2, 0) is 10.1 Å². The van der Waals surface area contributed by atoms with Gasteiger partial charge in [-0.25, -0.2) is 13.4 Å². The van der Waals surface area contributed by atoms with E-state index in [1.807, 2.05) is 0 Å². The maximum atomic E-state index is 9.08. The summed E-state index contributed by atoms with van der Waals surface area (Å²) in [6.45, 7) is 0. The largest absolute Gasteiger partial charge is 0.748 e. The van der Waals surface area contributed by atoms with E-state index in [4.69, 9.17) is 24.6 Å². The average molecular weight is 210 g/mol. The molecule has 4 nitrogen and oxygen atoms in total. The minimum Gasteiger partial charge on any atom is -0.748 e. The van der Waals surface area contributed by atoms with Crippen LogP contribution in [0.4, 0.5) is 0 Å². The highest BCUT2D eigenvalue weighted by molar-refractivity contribution is 7.84. The third-order valence-corrected chi connectivity index (χ3v) is 0.930. The van der Waals surface area contributed by atoms with Crippen molar-refractivity contribution in [2.75, 3.05) is 6.26 Å². The first-order valence-corrected chi connectivity index (χ1v) is 5.11. The van der Waals surface area contributed by atoms with Crippen molar-refractivity contribution in [1.29, 1.82) is 0 Å². The Balaban J connectivity index is 0.000000217. The Labute approximate surface area is 76.0 Å². The Hall–Kier alpha value is -0.650. The molecule has 0 saturated carbocycles. The third kappa shape index (κ3) is 12.1. The molecule has 0 aliphatic heterocycles. The standard InChI is InChI=1S/C5H4ClN.CH4O3S/c6-5-1-3-7-4-2-5;1-5(2,3)4/h1-4H;1H3,(H,2,3,4). The molecule has 68 valence electrons. The molecule has 0 amide bonds. The van der Waals surface area contributed by atoms with Gasteiger partial charge in [0.1, 0.15) is 0 Å². The van der Waals surface area contributed by atoms with Crippen LogP contribution in [0, 0.1) is 0 Å². The van der Waals surface area contributed by atoms with Gasteiger partial charge < -0.3 is 4.55 Å². The van der Waals surface area contributed by atoms with E-state index in [0.29, 0.717) is 6.26 Å². The monoisotopic (exact) mass is 209 g/mol. The molecule has 6 heteroatoms. The van der Waals surface area contributed by atoms with Crippen LogP contribution in [0.15, 0.2) is 24.5 Å². The second-order valence-electron chi connectivity index (χ2n) is 1.92. The minimum absolute atomic E-state index is 0.604. The molecule has 1 aromatic heterocycles. The zero-order chi connectivity index (χ0) is 9.61. The van der Waals surface area contributed by atoms with Crippen LogP contribution in [0.1, 0.15) is 0 Å². The van der Waals surface area contributed by atoms with E-state index < -0.39 is 10.1 Å². The zero-order valence-electron chi connectivity index (χ0n) is 6.32. The lowest BCUT2D eigenvalue weighted by Crippen LogP contribution is -1.94. The van der Waals surface area contributed by atoms with Gasteiger partial charge in [-0.3, -0.25) is 0 Å². The molecule has 0 aliphatic carbocycles. The lowest BCUT2D eigenvalue weighted by Gasteiger charge is -1.90. The summed E-state index contributed by atoms with van der Waals surface area (Å²) in [4.78, 5) is 2.85. The fourth-order valence-electron chi connectivity index (χ4n) is 0.367. The summed E-state index contributed by atoms with van der Waals surface area (Å²) >= 11 is 5.52. The van der Waals surface area contributed by atoms with Crippen LogP contribution in [0.5, 0.6) is 0 Å². The summed E-state index contributed by atoms with van der Waals surface area (Å²) in [5.41, 5.74) is 0. The number of nitrogens with one attached hydrogen (secondary N) is 1. The van der Waals surface area contributed by atoms with Gasteiger partial charge in [0.15, 0.2) is 12.4 Å². The molecule has 0 fully saturated rings. The van der Waals surface area contributed by atoms with Crippen molar-refractivity contribution < 1.29 is 18.0 Å². The normalized spacial score (nSPS) is 9.92. The van der Waals surface area contributed by atoms with Gasteiger partial charge in [0.25, 0.3) is 0 Å². The van der Waals surface area contributed by atoms with Crippen molar-refractivity contribution in [3.63, 3.8) is 0 Å². The van der Waals surface area contributed by atoms with Gasteiger partial charge in [0, 0.05) is 18.4 Å². The van der Waals surface area contributed by atoms with Crippen LogP contribution in [-0.4, -0.2) is 19.2 Å². The second-order valence-corrected chi connectivity index (χ2v) is 3.77. The summed E-state index contributed by atoms with van der Waals surface area (Å²) in [6, 6.07) is 3.59. The lowest BCUT2D eigenvalue weighted by molar-refractivity contribution is -0.377. The molecule has 1 aromatic rings. The first-order chi connectivity index (χ1) is 5.39. The minimum atomic E-state index is -3.92. The smallest absolute Gasteiger partial charge is 0.168 e. The van der Waals surface area contributed by atoms with E-state index in [2.05, 4.69) is 4.98 Å². The van der Waals surface area contributed by atoms with Gasteiger partial charge in [-0.05, 0) is 0 Å². The van der Waals surface area contributed by atoms with E-state index >= 15 is 0 Å². The van der Waals surface area contributed by atoms with Gasteiger partial charge in [0.2, 0.25) is 0 Å². The van der Waals surface area contributed by atoms with E-state index in [1.165, 1.54) is 0 Å². The van der Waals surface area contributed by atoms with Crippen molar-refractivity contribution in [3.05, 3.63) is 29.5 Å². The van der Waals surface area contributed by atoms with Crippen molar-refractivity contribution >= 4 is 21.7 Å².